The van der Waals surface area contributed by atoms with Gasteiger partial charge in [0.25, 0.3) is 0 Å². The fourth-order valence-corrected chi connectivity index (χ4v) is 3.11. The molecule has 106 valence electrons. The third kappa shape index (κ3) is 5.68. The molecule has 0 heterocycles. The van der Waals surface area contributed by atoms with Gasteiger partial charge in [0.05, 0.1) is 0 Å². The normalized spacial score (nSPS) is 11.1. The summed E-state index contributed by atoms with van der Waals surface area (Å²) in [6, 6.07) is 10.9. The second-order valence-corrected chi connectivity index (χ2v) is 6.42. The molecule has 0 aromatic heterocycles. The zero-order valence-corrected chi connectivity index (χ0v) is 13.2. The Morgan fingerprint density at radius 1 is 1.11 bits per heavy atom. The standard InChI is InChI=1S/C16H25NOS/c1-13(2)17(14(3)4)16(18)11-8-12-19-15-9-6-5-7-10-15/h5-7,9-10,13-14H,8,11-12H2,1-4H3. The molecule has 1 aromatic rings. The van der Waals surface area contributed by atoms with E-state index >= 15 is 0 Å². The Morgan fingerprint density at radius 3 is 2.21 bits per heavy atom. The molecule has 0 atom stereocenters. The van der Waals surface area contributed by atoms with Gasteiger partial charge in [0.1, 0.15) is 0 Å². The summed E-state index contributed by atoms with van der Waals surface area (Å²) in [6.07, 6.45) is 1.59. The maximum atomic E-state index is 12.2. The van der Waals surface area contributed by atoms with E-state index in [1.807, 2.05) is 34.9 Å². The fraction of sp³-hybridized carbons (Fsp3) is 0.562. The zero-order chi connectivity index (χ0) is 14.3. The molecule has 0 fully saturated rings. The van der Waals surface area contributed by atoms with Crippen LogP contribution in [-0.4, -0.2) is 28.6 Å². The fourth-order valence-electron chi connectivity index (χ4n) is 2.23. The predicted molar refractivity (Wildman–Crippen MR) is 83.5 cm³/mol. The lowest BCUT2D eigenvalue weighted by molar-refractivity contribution is -0.134. The topological polar surface area (TPSA) is 20.3 Å². The number of rotatable bonds is 7. The van der Waals surface area contributed by atoms with Crippen molar-refractivity contribution in [2.75, 3.05) is 5.75 Å². The number of amides is 1. The number of benzene rings is 1. The number of carbonyl (C=O) groups excluding carboxylic acids is 1. The molecule has 0 saturated carbocycles. The first-order chi connectivity index (χ1) is 9.02. The van der Waals surface area contributed by atoms with Crippen molar-refractivity contribution in [3.8, 4) is 0 Å². The van der Waals surface area contributed by atoms with E-state index in [9.17, 15) is 4.79 Å². The van der Waals surface area contributed by atoms with Gasteiger partial charge in [-0.25, -0.2) is 0 Å². The van der Waals surface area contributed by atoms with E-state index in [-0.39, 0.29) is 18.0 Å². The van der Waals surface area contributed by atoms with Crippen LogP contribution in [0.5, 0.6) is 0 Å². The largest absolute Gasteiger partial charge is 0.338 e. The third-order valence-electron chi connectivity index (χ3n) is 2.95. The molecule has 3 heteroatoms. The van der Waals surface area contributed by atoms with Crippen LogP contribution in [0, 0.1) is 0 Å². The molecule has 19 heavy (non-hydrogen) atoms. The minimum absolute atomic E-state index is 0.277. The molecule has 0 spiro atoms. The molecule has 0 saturated heterocycles. The zero-order valence-electron chi connectivity index (χ0n) is 12.4. The molecule has 1 aromatic carbocycles. The maximum Gasteiger partial charge on any atom is 0.223 e. The van der Waals surface area contributed by atoms with Crippen LogP contribution in [-0.2, 0) is 4.79 Å². The second kappa shape index (κ2) is 8.26. The number of thioether (sulfide) groups is 1. The molecule has 1 amide bonds. The van der Waals surface area contributed by atoms with Gasteiger partial charge in [-0.05, 0) is 52.0 Å². The molecule has 2 nitrogen and oxygen atoms in total. The van der Waals surface area contributed by atoms with E-state index < -0.39 is 0 Å². The summed E-state index contributed by atoms with van der Waals surface area (Å²) >= 11 is 1.82. The average Bonchev–Trinajstić information content (AvgIpc) is 2.35. The second-order valence-electron chi connectivity index (χ2n) is 5.25. The molecule has 1 rings (SSSR count). The summed E-state index contributed by atoms with van der Waals surface area (Å²) in [5, 5.41) is 0. The predicted octanol–water partition coefficient (Wildman–Crippen LogP) is 4.20. The first-order valence-electron chi connectivity index (χ1n) is 7.01. The lowest BCUT2D eigenvalue weighted by Crippen LogP contribution is -2.41. The van der Waals surface area contributed by atoms with Crippen molar-refractivity contribution in [2.45, 2.75) is 57.5 Å². The summed E-state index contributed by atoms with van der Waals surface area (Å²) in [5.41, 5.74) is 0. The van der Waals surface area contributed by atoms with Crippen molar-refractivity contribution in [3.05, 3.63) is 30.3 Å². The minimum Gasteiger partial charge on any atom is -0.338 e. The van der Waals surface area contributed by atoms with Gasteiger partial charge in [-0.2, -0.15) is 0 Å². The van der Waals surface area contributed by atoms with Crippen LogP contribution in [0.15, 0.2) is 35.2 Å². The number of nitrogens with zero attached hydrogens (tertiary/aromatic N) is 1. The quantitative estimate of drug-likeness (QED) is 0.550. The Kier molecular flexibility index (Phi) is 7.00. The highest BCUT2D eigenvalue weighted by Gasteiger charge is 2.19. The average molecular weight is 279 g/mol. The molecular formula is C16H25NOS. The van der Waals surface area contributed by atoms with Crippen LogP contribution >= 0.6 is 11.8 Å². The van der Waals surface area contributed by atoms with Crippen LogP contribution in [0.2, 0.25) is 0 Å². The Labute approximate surface area is 121 Å². The molecular weight excluding hydrogens is 254 g/mol. The van der Waals surface area contributed by atoms with Crippen molar-refractivity contribution in [1.29, 1.82) is 0 Å². The van der Waals surface area contributed by atoms with Crippen molar-refractivity contribution >= 4 is 17.7 Å². The molecule has 0 N–H and O–H groups in total. The summed E-state index contributed by atoms with van der Waals surface area (Å²) in [7, 11) is 0. The molecule has 0 aliphatic carbocycles. The third-order valence-corrected chi connectivity index (χ3v) is 4.05. The van der Waals surface area contributed by atoms with E-state index in [1.165, 1.54) is 4.90 Å². The highest BCUT2D eigenvalue weighted by molar-refractivity contribution is 7.99. The molecule has 0 bridgehead atoms. The van der Waals surface area contributed by atoms with Crippen LogP contribution in [0.1, 0.15) is 40.5 Å². The summed E-state index contributed by atoms with van der Waals surface area (Å²) in [4.78, 5) is 15.4. The van der Waals surface area contributed by atoms with Gasteiger partial charge < -0.3 is 4.90 Å². The lowest BCUT2D eigenvalue weighted by atomic mass is 10.2. The summed E-state index contributed by atoms with van der Waals surface area (Å²) in [6.45, 7) is 8.32. The van der Waals surface area contributed by atoms with Crippen molar-refractivity contribution in [1.82, 2.24) is 4.90 Å². The Morgan fingerprint density at radius 2 is 1.68 bits per heavy atom. The van der Waals surface area contributed by atoms with E-state index in [1.54, 1.807) is 0 Å². The Balaban J connectivity index is 2.30. The van der Waals surface area contributed by atoms with Gasteiger partial charge in [-0.3, -0.25) is 4.79 Å². The first kappa shape index (κ1) is 16.1. The summed E-state index contributed by atoms with van der Waals surface area (Å²) in [5.74, 6) is 1.28. The summed E-state index contributed by atoms with van der Waals surface area (Å²) < 4.78 is 0. The smallest absolute Gasteiger partial charge is 0.223 e. The number of carbonyl (C=O) groups is 1. The van der Waals surface area contributed by atoms with Gasteiger partial charge in [0.2, 0.25) is 5.91 Å². The highest BCUT2D eigenvalue weighted by atomic mass is 32.2. The van der Waals surface area contributed by atoms with E-state index in [0.717, 1.165) is 12.2 Å². The van der Waals surface area contributed by atoms with Gasteiger partial charge in [-0.1, -0.05) is 18.2 Å². The van der Waals surface area contributed by atoms with Gasteiger partial charge in [0, 0.05) is 23.4 Å². The number of hydrogen-bond acceptors (Lipinski definition) is 2. The SMILES string of the molecule is CC(C)N(C(=O)CCCSc1ccccc1)C(C)C. The Hall–Kier alpha value is -0.960. The number of hydrogen-bond donors (Lipinski definition) is 0. The van der Waals surface area contributed by atoms with E-state index in [2.05, 4.69) is 39.8 Å². The Bertz CT molecular complexity index is 368. The lowest BCUT2D eigenvalue weighted by Gasteiger charge is -2.30. The highest BCUT2D eigenvalue weighted by Crippen LogP contribution is 2.19. The monoisotopic (exact) mass is 279 g/mol. The molecule has 0 unspecified atom stereocenters. The van der Waals surface area contributed by atoms with Crippen LogP contribution < -0.4 is 0 Å². The van der Waals surface area contributed by atoms with Crippen LogP contribution in [0.25, 0.3) is 0 Å². The molecule has 0 aliphatic heterocycles. The molecule has 0 radical (unpaired) electrons. The first-order valence-corrected chi connectivity index (χ1v) is 8.00. The van der Waals surface area contributed by atoms with E-state index in [4.69, 9.17) is 0 Å². The van der Waals surface area contributed by atoms with Gasteiger partial charge in [-0.15, -0.1) is 11.8 Å². The van der Waals surface area contributed by atoms with Crippen molar-refractivity contribution in [3.63, 3.8) is 0 Å². The maximum absolute atomic E-state index is 12.2. The van der Waals surface area contributed by atoms with E-state index in [0.29, 0.717) is 6.42 Å². The van der Waals surface area contributed by atoms with Crippen molar-refractivity contribution < 1.29 is 4.79 Å². The van der Waals surface area contributed by atoms with Crippen molar-refractivity contribution in [2.24, 2.45) is 0 Å². The minimum atomic E-state index is 0.277. The van der Waals surface area contributed by atoms with Crippen LogP contribution in [0.4, 0.5) is 0 Å². The van der Waals surface area contributed by atoms with Gasteiger partial charge >= 0.3 is 0 Å². The van der Waals surface area contributed by atoms with Gasteiger partial charge in [0.15, 0.2) is 0 Å². The van der Waals surface area contributed by atoms with Crippen LogP contribution in [0.3, 0.4) is 0 Å². The molecule has 0 aliphatic rings.